The van der Waals surface area contributed by atoms with Crippen molar-refractivity contribution in [2.45, 2.75) is 97.5 Å². The monoisotopic (exact) mass is 364 g/mol. The molecule has 0 aliphatic heterocycles. The molecule has 0 aromatic heterocycles. The molecule has 0 aromatic rings. The van der Waals surface area contributed by atoms with Crippen LogP contribution in [0.1, 0.15) is 91.4 Å². The van der Waals surface area contributed by atoms with Crippen LogP contribution >= 0.6 is 0 Å². The minimum atomic E-state index is -0.574. The van der Waals surface area contributed by atoms with E-state index >= 15 is 0 Å². The maximum absolute atomic E-state index is 11.6. The minimum Gasteiger partial charge on any atom is -0.463 e. The molecule has 1 atom stereocenters. The van der Waals surface area contributed by atoms with Gasteiger partial charge < -0.3 is 9.47 Å². The molecule has 0 rings (SSSR count). The maximum Gasteiger partial charge on any atom is 0.332 e. The van der Waals surface area contributed by atoms with E-state index in [4.69, 9.17) is 9.47 Å². The highest BCUT2D eigenvalue weighted by molar-refractivity contribution is 5.91. The van der Waals surface area contributed by atoms with Crippen LogP contribution in [0.5, 0.6) is 0 Å². The summed E-state index contributed by atoms with van der Waals surface area (Å²) in [4.78, 5) is 23.1. The Hall–Kier alpha value is -1.76. The molecular formula is C22H36O4. The van der Waals surface area contributed by atoms with E-state index in [9.17, 15) is 9.59 Å². The van der Waals surface area contributed by atoms with Crippen LogP contribution in [0.25, 0.3) is 0 Å². The van der Waals surface area contributed by atoms with Crippen LogP contribution in [0, 0.1) is 11.8 Å². The van der Waals surface area contributed by atoms with Crippen molar-refractivity contribution in [2.24, 2.45) is 0 Å². The van der Waals surface area contributed by atoms with Crippen molar-refractivity contribution < 1.29 is 19.1 Å². The second-order valence-corrected chi connectivity index (χ2v) is 6.41. The van der Waals surface area contributed by atoms with Gasteiger partial charge in [0.05, 0.1) is 6.61 Å². The summed E-state index contributed by atoms with van der Waals surface area (Å²) in [5.74, 6) is 4.41. The Morgan fingerprint density at radius 3 is 1.92 bits per heavy atom. The van der Waals surface area contributed by atoms with Gasteiger partial charge in [-0.2, -0.15) is 0 Å². The number of esters is 2. The summed E-state index contributed by atoms with van der Waals surface area (Å²) in [6, 6.07) is 0. The van der Waals surface area contributed by atoms with Crippen molar-refractivity contribution >= 4 is 11.9 Å². The second kappa shape index (κ2) is 18.0. The van der Waals surface area contributed by atoms with Crippen LogP contribution in [-0.4, -0.2) is 24.6 Å². The number of hydrogen-bond donors (Lipinski definition) is 0. The molecule has 0 aliphatic carbocycles. The van der Waals surface area contributed by atoms with Gasteiger partial charge in [-0.25, -0.2) is 9.59 Å². The first-order valence-electron chi connectivity index (χ1n) is 10.1. The first-order chi connectivity index (χ1) is 12.6. The maximum atomic E-state index is 11.6. The van der Waals surface area contributed by atoms with Gasteiger partial charge in [-0.05, 0) is 19.8 Å². The van der Waals surface area contributed by atoms with E-state index in [2.05, 4.69) is 18.8 Å². The van der Waals surface area contributed by atoms with Gasteiger partial charge in [0.2, 0.25) is 0 Å². The van der Waals surface area contributed by atoms with Crippen molar-refractivity contribution in [1.82, 2.24) is 0 Å². The fourth-order valence-corrected chi connectivity index (χ4v) is 2.50. The summed E-state index contributed by atoms with van der Waals surface area (Å²) >= 11 is 0. The van der Waals surface area contributed by atoms with E-state index in [0.29, 0.717) is 13.0 Å². The van der Waals surface area contributed by atoms with Crippen LogP contribution < -0.4 is 0 Å². The lowest BCUT2D eigenvalue weighted by atomic mass is 10.1. The Labute approximate surface area is 159 Å². The molecular weight excluding hydrogens is 328 g/mol. The minimum absolute atomic E-state index is 0.396. The zero-order valence-electron chi connectivity index (χ0n) is 16.9. The van der Waals surface area contributed by atoms with Gasteiger partial charge in [-0.3, -0.25) is 0 Å². The highest BCUT2D eigenvalue weighted by Gasteiger charge is 2.07. The van der Waals surface area contributed by atoms with Gasteiger partial charge in [0.15, 0.2) is 6.10 Å². The third-order valence-electron chi connectivity index (χ3n) is 4.03. The van der Waals surface area contributed by atoms with Gasteiger partial charge in [0.1, 0.15) is 0 Å². The molecule has 0 bridgehead atoms. The lowest BCUT2D eigenvalue weighted by molar-refractivity contribution is -0.142. The predicted molar refractivity (Wildman–Crippen MR) is 106 cm³/mol. The topological polar surface area (TPSA) is 52.6 Å². The number of unbranched alkanes of at least 4 members (excludes halogenated alkanes) is 9. The van der Waals surface area contributed by atoms with E-state index in [1.807, 2.05) is 6.92 Å². The molecule has 0 aliphatic rings. The first kappa shape index (κ1) is 24.2. The molecule has 0 spiro atoms. The smallest absolute Gasteiger partial charge is 0.332 e. The standard InChI is InChI=1S/C22H36O4/c1-4-7-8-9-10-11-12-13-14-15-19-25-21(23)17-18-22(24)26-20(6-3)16-5-2/h17-18,20H,4,6-15,19H2,1-3H3/b18-17+. The Kier molecular flexibility index (Phi) is 16.8. The Morgan fingerprint density at radius 2 is 1.38 bits per heavy atom. The van der Waals surface area contributed by atoms with Gasteiger partial charge in [-0.15, -0.1) is 5.92 Å². The molecule has 0 radical (unpaired) electrons. The molecule has 0 fully saturated rings. The third-order valence-corrected chi connectivity index (χ3v) is 4.03. The van der Waals surface area contributed by atoms with E-state index < -0.39 is 18.0 Å². The van der Waals surface area contributed by atoms with Crippen LogP contribution in [0.3, 0.4) is 0 Å². The van der Waals surface area contributed by atoms with Crippen LogP contribution in [0.2, 0.25) is 0 Å². The fourth-order valence-electron chi connectivity index (χ4n) is 2.50. The highest BCUT2D eigenvalue weighted by atomic mass is 16.5. The lowest BCUT2D eigenvalue weighted by Gasteiger charge is -2.07. The predicted octanol–water partition coefficient (Wildman–Crippen LogP) is 5.35. The molecule has 0 heterocycles. The Bertz CT molecular complexity index is 456. The number of hydrogen-bond acceptors (Lipinski definition) is 4. The van der Waals surface area contributed by atoms with Gasteiger partial charge >= 0.3 is 11.9 Å². The molecule has 26 heavy (non-hydrogen) atoms. The SMILES string of the molecule is CC#CC(CC)OC(=O)/C=C/C(=O)OCCCCCCCCCCCC. The number of carbonyl (C=O) groups excluding carboxylic acids is 2. The summed E-state index contributed by atoms with van der Waals surface area (Å²) in [6.07, 6.45) is 14.8. The van der Waals surface area contributed by atoms with Crippen LogP contribution in [-0.2, 0) is 19.1 Å². The van der Waals surface area contributed by atoms with Crippen LogP contribution in [0.15, 0.2) is 12.2 Å². The molecule has 148 valence electrons. The van der Waals surface area contributed by atoms with E-state index in [1.54, 1.807) is 6.92 Å². The molecule has 0 N–H and O–H groups in total. The molecule has 1 unspecified atom stereocenters. The van der Waals surface area contributed by atoms with Crippen molar-refractivity contribution in [2.75, 3.05) is 6.61 Å². The lowest BCUT2D eigenvalue weighted by Crippen LogP contribution is -2.14. The normalized spacial score (nSPS) is 11.7. The summed E-state index contributed by atoms with van der Waals surface area (Å²) in [5, 5.41) is 0. The second-order valence-electron chi connectivity index (χ2n) is 6.41. The first-order valence-corrected chi connectivity index (χ1v) is 10.1. The van der Waals surface area contributed by atoms with E-state index in [0.717, 1.165) is 25.0 Å². The van der Waals surface area contributed by atoms with Gasteiger partial charge in [0.25, 0.3) is 0 Å². The average molecular weight is 365 g/mol. The molecule has 0 amide bonds. The summed E-state index contributed by atoms with van der Waals surface area (Å²) in [5.41, 5.74) is 0. The number of ether oxygens (including phenoxy) is 2. The number of rotatable bonds is 15. The molecule has 4 heteroatoms. The van der Waals surface area contributed by atoms with Crippen LogP contribution in [0.4, 0.5) is 0 Å². The molecule has 0 saturated heterocycles. The summed E-state index contributed by atoms with van der Waals surface area (Å²) < 4.78 is 10.2. The summed E-state index contributed by atoms with van der Waals surface area (Å²) in [7, 11) is 0. The van der Waals surface area contributed by atoms with E-state index in [1.165, 1.54) is 51.4 Å². The van der Waals surface area contributed by atoms with Gasteiger partial charge in [0, 0.05) is 12.2 Å². The zero-order valence-corrected chi connectivity index (χ0v) is 16.9. The van der Waals surface area contributed by atoms with Crippen molar-refractivity contribution in [3.63, 3.8) is 0 Å². The highest BCUT2D eigenvalue weighted by Crippen LogP contribution is 2.10. The quantitative estimate of drug-likeness (QED) is 0.170. The Balaban J connectivity index is 3.61. The van der Waals surface area contributed by atoms with Crippen molar-refractivity contribution in [3.05, 3.63) is 12.2 Å². The third kappa shape index (κ3) is 15.7. The average Bonchev–Trinajstić information content (AvgIpc) is 2.64. The number of carbonyl (C=O) groups is 2. The largest absolute Gasteiger partial charge is 0.463 e. The fraction of sp³-hybridized carbons (Fsp3) is 0.727. The molecule has 0 saturated carbocycles. The molecule has 4 nitrogen and oxygen atoms in total. The van der Waals surface area contributed by atoms with Crippen molar-refractivity contribution in [1.29, 1.82) is 0 Å². The molecule has 0 aromatic carbocycles. The summed E-state index contributed by atoms with van der Waals surface area (Å²) in [6.45, 7) is 6.20. The Morgan fingerprint density at radius 1 is 0.846 bits per heavy atom. The van der Waals surface area contributed by atoms with Gasteiger partial charge in [-0.1, -0.05) is 77.6 Å². The van der Waals surface area contributed by atoms with Crippen molar-refractivity contribution in [3.8, 4) is 11.8 Å². The van der Waals surface area contributed by atoms with E-state index in [-0.39, 0.29) is 0 Å². The zero-order chi connectivity index (χ0) is 19.5.